The minimum atomic E-state index is -3.27. The van der Waals surface area contributed by atoms with Gasteiger partial charge in [-0.3, -0.25) is 0 Å². The molecule has 4 rings (SSSR count). The molecule has 31 heavy (non-hydrogen) atoms. The lowest BCUT2D eigenvalue weighted by Gasteiger charge is -2.11. The van der Waals surface area contributed by atoms with Gasteiger partial charge in [-0.05, 0) is 42.0 Å². The van der Waals surface area contributed by atoms with Crippen LogP contribution in [0.4, 0.5) is 0 Å². The van der Waals surface area contributed by atoms with E-state index in [0.717, 1.165) is 16.5 Å². The summed E-state index contributed by atoms with van der Waals surface area (Å²) in [5.74, 6) is 1.63. The van der Waals surface area contributed by atoms with Crippen LogP contribution in [0.1, 0.15) is 11.3 Å². The van der Waals surface area contributed by atoms with Crippen molar-refractivity contribution >= 4 is 37.9 Å². The van der Waals surface area contributed by atoms with Crippen LogP contribution >= 0.6 is 12.2 Å². The van der Waals surface area contributed by atoms with Crippen LogP contribution in [0.2, 0.25) is 0 Å². The van der Waals surface area contributed by atoms with Crippen molar-refractivity contribution < 1.29 is 17.9 Å². The molecule has 0 fully saturated rings. The predicted molar refractivity (Wildman–Crippen MR) is 125 cm³/mol. The van der Waals surface area contributed by atoms with Gasteiger partial charge < -0.3 is 20.2 Å². The maximum Gasteiger partial charge on any atom is 0.175 e. The maximum absolute atomic E-state index is 11.7. The second-order valence-electron chi connectivity index (χ2n) is 7.05. The Morgan fingerprint density at radius 2 is 1.71 bits per heavy atom. The lowest BCUT2D eigenvalue weighted by molar-refractivity contribution is 0.308. The number of aromatic amines is 1. The Balaban J connectivity index is 1.67. The monoisotopic (exact) mass is 452 g/mol. The van der Waals surface area contributed by atoms with Crippen molar-refractivity contribution in [3.05, 3.63) is 84.1 Å². The molecule has 1 aromatic heterocycles. The highest BCUT2D eigenvalue weighted by Gasteiger charge is 2.13. The van der Waals surface area contributed by atoms with Gasteiger partial charge in [0, 0.05) is 17.7 Å². The summed E-state index contributed by atoms with van der Waals surface area (Å²) in [5, 5.41) is 0.830. The fourth-order valence-corrected chi connectivity index (χ4v) is 3.86. The summed E-state index contributed by atoms with van der Waals surface area (Å²) in [6, 6.07) is 21.5. The lowest BCUT2D eigenvalue weighted by atomic mass is 10.2. The summed E-state index contributed by atoms with van der Waals surface area (Å²) in [6.45, 7) is 0.379. The van der Waals surface area contributed by atoms with E-state index in [4.69, 9.17) is 27.4 Å². The molecule has 158 valence electrons. The number of thiocarbonyl (C=S) groups is 1. The summed E-state index contributed by atoms with van der Waals surface area (Å²) in [6.07, 6.45) is 1.17. The van der Waals surface area contributed by atoms with E-state index in [-0.39, 0.29) is 9.88 Å². The predicted octanol–water partition coefficient (Wildman–Crippen LogP) is 4.58. The molecule has 0 bridgehead atoms. The SMILES string of the molecule is CS(=O)(=O)c1ccc(Oc2cc(OCc3ccccc3)c3[nH]c(C(N)=S)cc3c2)cc1. The number of sulfone groups is 1. The minimum absolute atomic E-state index is 0.230. The Hall–Kier alpha value is -3.36. The molecule has 0 aliphatic carbocycles. The minimum Gasteiger partial charge on any atom is -0.487 e. The van der Waals surface area contributed by atoms with Crippen LogP contribution in [0.25, 0.3) is 10.9 Å². The number of benzene rings is 3. The van der Waals surface area contributed by atoms with Crippen LogP contribution in [-0.4, -0.2) is 24.6 Å². The number of H-pyrrole nitrogens is 1. The molecule has 0 spiro atoms. The standard InChI is InChI=1S/C23H20N2O4S2/c1-31(26,27)19-9-7-17(8-10-19)29-18-11-16-12-20(23(24)30)25-22(16)21(13-18)28-14-15-5-3-2-4-6-15/h2-13,25H,14H2,1H3,(H2,24,30). The number of fused-ring (bicyclic) bond motifs is 1. The average Bonchev–Trinajstić information content (AvgIpc) is 3.17. The molecule has 0 unspecified atom stereocenters. The average molecular weight is 453 g/mol. The van der Waals surface area contributed by atoms with Gasteiger partial charge in [0.2, 0.25) is 0 Å². The van der Waals surface area contributed by atoms with Crippen molar-refractivity contribution in [2.24, 2.45) is 5.73 Å². The fraction of sp³-hybridized carbons (Fsp3) is 0.0870. The largest absolute Gasteiger partial charge is 0.487 e. The van der Waals surface area contributed by atoms with Gasteiger partial charge >= 0.3 is 0 Å². The third kappa shape index (κ3) is 4.87. The number of rotatable bonds is 7. The summed E-state index contributed by atoms with van der Waals surface area (Å²) >= 11 is 5.09. The summed E-state index contributed by atoms with van der Waals surface area (Å²) in [4.78, 5) is 3.69. The van der Waals surface area contributed by atoms with Crippen molar-refractivity contribution in [2.75, 3.05) is 6.26 Å². The number of ether oxygens (including phenoxy) is 2. The molecule has 1 heterocycles. The van der Waals surface area contributed by atoms with Crippen molar-refractivity contribution in [3.8, 4) is 17.2 Å². The molecular formula is C23H20N2O4S2. The Morgan fingerprint density at radius 3 is 2.35 bits per heavy atom. The van der Waals surface area contributed by atoms with Crippen molar-refractivity contribution in [1.29, 1.82) is 0 Å². The first-order valence-corrected chi connectivity index (χ1v) is 11.7. The van der Waals surface area contributed by atoms with E-state index in [1.165, 1.54) is 18.4 Å². The summed E-state index contributed by atoms with van der Waals surface area (Å²) in [7, 11) is -3.27. The van der Waals surface area contributed by atoms with Crippen molar-refractivity contribution in [2.45, 2.75) is 11.5 Å². The van der Waals surface area contributed by atoms with Crippen LogP contribution in [0.3, 0.4) is 0 Å². The van der Waals surface area contributed by atoms with E-state index < -0.39 is 9.84 Å². The van der Waals surface area contributed by atoms with Gasteiger partial charge in [0.05, 0.1) is 16.1 Å². The van der Waals surface area contributed by atoms with E-state index >= 15 is 0 Å². The maximum atomic E-state index is 11.7. The number of nitrogens with two attached hydrogens (primary N) is 1. The number of nitrogens with one attached hydrogen (secondary N) is 1. The van der Waals surface area contributed by atoms with E-state index in [0.29, 0.717) is 29.5 Å². The summed E-state index contributed by atoms with van der Waals surface area (Å²) < 4.78 is 35.3. The number of hydrogen-bond acceptors (Lipinski definition) is 5. The first-order chi connectivity index (χ1) is 14.8. The molecule has 6 nitrogen and oxygen atoms in total. The molecular weight excluding hydrogens is 432 g/mol. The van der Waals surface area contributed by atoms with E-state index in [2.05, 4.69) is 4.98 Å². The van der Waals surface area contributed by atoms with Crippen LogP contribution in [0.15, 0.2) is 77.7 Å². The number of aromatic nitrogens is 1. The molecule has 8 heteroatoms. The molecule has 4 aromatic rings. The van der Waals surface area contributed by atoms with Gasteiger partial charge in [0.15, 0.2) is 9.84 Å². The van der Waals surface area contributed by atoms with Gasteiger partial charge in [0.1, 0.15) is 28.8 Å². The zero-order valence-electron chi connectivity index (χ0n) is 16.7. The molecule has 0 saturated heterocycles. The van der Waals surface area contributed by atoms with Gasteiger partial charge in [-0.2, -0.15) is 0 Å². The van der Waals surface area contributed by atoms with Crippen LogP contribution in [0, 0.1) is 0 Å². The molecule has 0 atom stereocenters. The first kappa shape index (κ1) is 20.9. The highest BCUT2D eigenvalue weighted by atomic mass is 32.2. The van der Waals surface area contributed by atoms with Crippen molar-refractivity contribution in [3.63, 3.8) is 0 Å². The zero-order valence-corrected chi connectivity index (χ0v) is 18.3. The third-order valence-electron chi connectivity index (χ3n) is 4.66. The summed E-state index contributed by atoms with van der Waals surface area (Å²) in [5.41, 5.74) is 8.20. The van der Waals surface area contributed by atoms with Crippen LogP contribution in [0.5, 0.6) is 17.2 Å². The van der Waals surface area contributed by atoms with E-state index in [1.807, 2.05) is 42.5 Å². The van der Waals surface area contributed by atoms with Crippen LogP contribution < -0.4 is 15.2 Å². The Bertz CT molecular complexity index is 1350. The first-order valence-electron chi connectivity index (χ1n) is 9.41. The lowest BCUT2D eigenvalue weighted by Crippen LogP contribution is -2.09. The second-order valence-corrected chi connectivity index (χ2v) is 9.51. The molecule has 0 radical (unpaired) electrons. The smallest absolute Gasteiger partial charge is 0.175 e. The van der Waals surface area contributed by atoms with Gasteiger partial charge in [-0.15, -0.1) is 0 Å². The van der Waals surface area contributed by atoms with Gasteiger partial charge in [0.25, 0.3) is 0 Å². The molecule has 3 N–H and O–H groups in total. The Labute approximate surface area is 185 Å². The quantitative estimate of drug-likeness (QED) is 0.399. The highest BCUT2D eigenvalue weighted by Crippen LogP contribution is 2.34. The van der Waals surface area contributed by atoms with E-state index in [1.54, 1.807) is 18.2 Å². The van der Waals surface area contributed by atoms with Gasteiger partial charge in [-0.25, -0.2) is 8.42 Å². The number of hydrogen-bond donors (Lipinski definition) is 2. The topological polar surface area (TPSA) is 94.4 Å². The van der Waals surface area contributed by atoms with E-state index in [9.17, 15) is 8.42 Å². The second kappa shape index (κ2) is 8.41. The normalized spacial score (nSPS) is 11.4. The van der Waals surface area contributed by atoms with Gasteiger partial charge in [-0.1, -0.05) is 42.5 Å². The fourth-order valence-electron chi connectivity index (χ4n) is 3.12. The Kier molecular flexibility index (Phi) is 5.67. The molecule has 0 aliphatic rings. The molecule has 3 aromatic carbocycles. The molecule has 0 aliphatic heterocycles. The highest BCUT2D eigenvalue weighted by molar-refractivity contribution is 7.90. The van der Waals surface area contributed by atoms with Crippen molar-refractivity contribution in [1.82, 2.24) is 4.98 Å². The zero-order chi connectivity index (χ0) is 22.0. The molecule has 0 amide bonds. The Morgan fingerprint density at radius 1 is 1.00 bits per heavy atom. The third-order valence-corrected chi connectivity index (χ3v) is 6.00. The molecule has 0 saturated carbocycles. The van der Waals surface area contributed by atoms with Crippen LogP contribution in [-0.2, 0) is 16.4 Å².